The molecule has 0 N–H and O–H groups in total. The molecule has 0 radical (unpaired) electrons. The van der Waals surface area contributed by atoms with Gasteiger partial charge in [0.1, 0.15) is 0 Å². The molecule has 12 heavy (non-hydrogen) atoms. The van der Waals surface area contributed by atoms with Gasteiger partial charge in [0.25, 0.3) is 0 Å². The Bertz CT molecular complexity index is 103. The first-order valence-electron chi connectivity index (χ1n) is 4.11. The Kier molecular flexibility index (Phi) is 14.2. The molecule has 0 atom stereocenters. The van der Waals surface area contributed by atoms with Crippen LogP contribution in [-0.4, -0.2) is 47.1 Å². The maximum atomic E-state index is 9.56. The van der Waals surface area contributed by atoms with Crippen molar-refractivity contribution in [3.05, 3.63) is 0 Å². The molecule has 0 aliphatic carbocycles. The van der Waals surface area contributed by atoms with Crippen molar-refractivity contribution in [1.82, 2.24) is 4.90 Å². The fraction of sp³-hybridized carbons (Fsp3) is 1.00. The van der Waals surface area contributed by atoms with E-state index in [-0.39, 0.29) is 0 Å². The van der Waals surface area contributed by atoms with Crippen molar-refractivity contribution in [2.24, 2.45) is 0 Å². The summed E-state index contributed by atoms with van der Waals surface area (Å²) in [6, 6.07) is 0. The minimum atomic E-state index is -0.611. The summed E-state index contributed by atoms with van der Waals surface area (Å²) in [5, 5.41) is 0. The van der Waals surface area contributed by atoms with E-state index in [4.69, 9.17) is 11.6 Å². The Hall–Kier alpha value is 0.400. The van der Waals surface area contributed by atoms with Crippen LogP contribution in [0.5, 0.6) is 0 Å². The number of alkyl halides is 1. The van der Waals surface area contributed by atoms with Crippen LogP contribution in [-0.2, 0) is 10.8 Å². The third kappa shape index (κ3) is 16.8. The quantitative estimate of drug-likeness (QED) is 0.661. The molecule has 2 nitrogen and oxygen atoms in total. The highest BCUT2D eigenvalue weighted by atomic mass is 35.5. The largest absolute Gasteiger partial charge is 0.303 e. The molecule has 0 unspecified atom stereocenters. The Balaban J connectivity index is 0. The standard InChI is InChI=1S/C6H14ClN.C2H6OS/c1-3-8(4-2)6-5-7;1-4(2)3/h3-6H2,1-2H3;1-2H3. The van der Waals surface area contributed by atoms with Crippen LogP contribution >= 0.6 is 11.6 Å². The molecule has 0 rings (SSSR count). The van der Waals surface area contributed by atoms with E-state index in [9.17, 15) is 4.21 Å². The van der Waals surface area contributed by atoms with Gasteiger partial charge in [-0.1, -0.05) is 13.8 Å². The second-order valence-electron chi connectivity index (χ2n) is 2.46. The van der Waals surface area contributed by atoms with Gasteiger partial charge in [-0.2, -0.15) is 0 Å². The maximum absolute atomic E-state index is 9.56. The monoisotopic (exact) mass is 213 g/mol. The van der Waals surface area contributed by atoms with Gasteiger partial charge in [-0.25, -0.2) is 0 Å². The second-order valence-corrected chi connectivity index (χ2v) is 4.32. The van der Waals surface area contributed by atoms with Gasteiger partial charge < -0.3 is 4.90 Å². The van der Waals surface area contributed by atoms with Crippen molar-refractivity contribution in [2.75, 3.05) is 38.0 Å². The lowest BCUT2D eigenvalue weighted by atomic mass is 10.5. The van der Waals surface area contributed by atoms with E-state index in [1.165, 1.54) is 0 Å². The second kappa shape index (κ2) is 11.4. The van der Waals surface area contributed by atoms with Crippen molar-refractivity contribution in [3.63, 3.8) is 0 Å². The summed E-state index contributed by atoms with van der Waals surface area (Å²) in [4.78, 5) is 2.30. The highest BCUT2D eigenvalue weighted by Crippen LogP contribution is 1.86. The van der Waals surface area contributed by atoms with Crippen LogP contribution in [0.15, 0.2) is 0 Å². The molecule has 76 valence electrons. The fourth-order valence-corrected chi connectivity index (χ4v) is 0.898. The molecule has 0 aliphatic heterocycles. The average Bonchev–Trinajstić information content (AvgIpc) is 1.99. The summed E-state index contributed by atoms with van der Waals surface area (Å²) < 4.78 is 9.56. The molecule has 0 aliphatic rings. The minimum Gasteiger partial charge on any atom is -0.303 e. The summed E-state index contributed by atoms with van der Waals surface area (Å²) in [6.45, 7) is 7.55. The molecule has 0 heterocycles. The lowest BCUT2D eigenvalue weighted by molar-refractivity contribution is 0.323. The Labute approximate surface area is 83.7 Å². The van der Waals surface area contributed by atoms with Gasteiger partial charge in [-0.15, -0.1) is 11.6 Å². The van der Waals surface area contributed by atoms with Crippen molar-refractivity contribution in [3.8, 4) is 0 Å². The van der Waals surface area contributed by atoms with E-state index in [1.807, 2.05) is 0 Å². The first-order valence-corrected chi connectivity index (χ1v) is 6.61. The average molecular weight is 214 g/mol. The van der Waals surface area contributed by atoms with E-state index in [0.717, 1.165) is 25.5 Å². The third-order valence-electron chi connectivity index (χ3n) is 1.30. The van der Waals surface area contributed by atoms with Crippen LogP contribution in [0.25, 0.3) is 0 Å². The smallest absolute Gasteiger partial charge is 0.0351 e. The summed E-state index contributed by atoms with van der Waals surface area (Å²) in [7, 11) is -0.611. The van der Waals surface area contributed by atoms with Crippen molar-refractivity contribution in [1.29, 1.82) is 0 Å². The van der Waals surface area contributed by atoms with Gasteiger partial charge in [-0.3, -0.25) is 4.21 Å². The number of nitrogens with zero attached hydrogens (tertiary/aromatic N) is 1. The lowest BCUT2D eigenvalue weighted by Gasteiger charge is -2.14. The molecule has 0 aromatic carbocycles. The number of hydrogen-bond donors (Lipinski definition) is 0. The molecule has 0 aromatic heterocycles. The highest BCUT2D eigenvalue weighted by molar-refractivity contribution is 7.83. The van der Waals surface area contributed by atoms with Crippen molar-refractivity contribution in [2.45, 2.75) is 13.8 Å². The molecule has 0 amide bonds. The highest BCUT2D eigenvalue weighted by Gasteiger charge is 1.93. The summed E-state index contributed by atoms with van der Waals surface area (Å²) in [6.07, 6.45) is 3.28. The van der Waals surface area contributed by atoms with E-state index in [1.54, 1.807) is 12.5 Å². The first kappa shape index (κ1) is 14.9. The van der Waals surface area contributed by atoms with E-state index in [2.05, 4.69) is 18.7 Å². The molecule has 0 fully saturated rings. The Morgan fingerprint density at radius 2 is 1.58 bits per heavy atom. The SMILES string of the molecule is CCN(CC)CCCl.CS(C)=O. The maximum Gasteiger partial charge on any atom is 0.0351 e. The zero-order chi connectivity index (χ0) is 9.98. The van der Waals surface area contributed by atoms with Crippen molar-refractivity contribution >= 4 is 22.4 Å². The topological polar surface area (TPSA) is 20.3 Å². The van der Waals surface area contributed by atoms with Gasteiger partial charge in [0.05, 0.1) is 0 Å². The minimum absolute atomic E-state index is 0.611. The molecule has 0 saturated carbocycles. The van der Waals surface area contributed by atoms with Gasteiger partial charge in [0.15, 0.2) is 0 Å². The molecular formula is C8H20ClNOS. The van der Waals surface area contributed by atoms with Gasteiger partial charge in [0, 0.05) is 35.7 Å². The predicted octanol–water partition coefficient (Wildman–Crippen LogP) is 1.56. The number of halogens is 1. The summed E-state index contributed by atoms with van der Waals surface area (Å²) >= 11 is 5.51. The zero-order valence-electron chi connectivity index (χ0n) is 8.47. The molecule has 0 spiro atoms. The van der Waals surface area contributed by atoms with Crippen LogP contribution in [0, 0.1) is 0 Å². The van der Waals surface area contributed by atoms with Crippen LogP contribution in [0.2, 0.25) is 0 Å². The van der Waals surface area contributed by atoms with Gasteiger partial charge in [0.2, 0.25) is 0 Å². The van der Waals surface area contributed by atoms with Gasteiger partial charge in [-0.05, 0) is 13.1 Å². The third-order valence-corrected chi connectivity index (χ3v) is 1.46. The molecule has 0 aromatic rings. The van der Waals surface area contributed by atoms with Crippen LogP contribution in [0.1, 0.15) is 13.8 Å². The van der Waals surface area contributed by atoms with E-state index >= 15 is 0 Å². The van der Waals surface area contributed by atoms with E-state index < -0.39 is 10.8 Å². The molecule has 4 heteroatoms. The molecular weight excluding hydrogens is 194 g/mol. The zero-order valence-corrected chi connectivity index (χ0v) is 10.0. The first-order chi connectivity index (χ1) is 5.58. The Morgan fingerprint density at radius 1 is 1.25 bits per heavy atom. The Morgan fingerprint density at radius 3 is 1.67 bits per heavy atom. The molecule has 0 saturated heterocycles. The van der Waals surface area contributed by atoms with Gasteiger partial charge >= 0.3 is 0 Å². The van der Waals surface area contributed by atoms with Crippen molar-refractivity contribution < 1.29 is 4.21 Å². The summed E-state index contributed by atoms with van der Waals surface area (Å²) in [5.74, 6) is 0.752. The normalized spacial score (nSPS) is 9.92. The van der Waals surface area contributed by atoms with Crippen LogP contribution in [0.4, 0.5) is 0 Å². The fourth-order valence-electron chi connectivity index (χ4n) is 0.659. The molecule has 0 bridgehead atoms. The van der Waals surface area contributed by atoms with E-state index in [0.29, 0.717) is 0 Å². The predicted molar refractivity (Wildman–Crippen MR) is 58.5 cm³/mol. The summed E-state index contributed by atoms with van der Waals surface area (Å²) in [5.41, 5.74) is 0. The lowest BCUT2D eigenvalue weighted by Crippen LogP contribution is -2.24. The van der Waals surface area contributed by atoms with Crippen LogP contribution in [0.3, 0.4) is 0 Å². The van der Waals surface area contributed by atoms with Crippen LogP contribution < -0.4 is 0 Å². The number of hydrogen-bond acceptors (Lipinski definition) is 2. The number of rotatable bonds is 4.